The minimum Gasteiger partial charge on any atom is -0.493 e. The molecule has 0 aliphatic carbocycles. The minimum atomic E-state index is 0.482. The third-order valence-electron chi connectivity index (χ3n) is 3.87. The van der Waals surface area contributed by atoms with Gasteiger partial charge in [-0.1, -0.05) is 35.9 Å². The standard InChI is InChI=1S/C20H20ClNO2S/c1-23-19-6-2-4-16(12-22-13-18-5-3-11-25-18)20(19)24-14-15-7-9-17(21)10-8-15/h2-11,22H,12-14H2,1H3/p+1. The van der Waals surface area contributed by atoms with Gasteiger partial charge in [0.1, 0.15) is 19.7 Å². The topological polar surface area (TPSA) is 35.1 Å². The molecule has 3 aromatic rings. The Balaban J connectivity index is 1.68. The zero-order valence-electron chi connectivity index (χ0n) is 14.1. The Morgan fingerprint density at radius 1 is 1.00 bits per heavy atom. The molecular weight excluding hydrogens is 354 g/mol. The quantitative estimate of drug-likeness (QED) is 0.639. The number of ether oxygens (including phenoxy) is 2. The Kier molecular flexibility index (Phi) is 6.34. The zero-order valence-corrected chi connectivity index (χ0v) is 15.6. The van der Waals surface area contributed by atoms with Crippen LogP contribution in [0.1, 0.15) is 16.0 Å². The van der Waals surface area contributed by atoms with Gasteiger partial charge in [0.2, 0.25) is 0 Å². The Labute approximate surface area is 157 Å². The lowest BCUT2D eigenvalue weighted by molar-refractivity contribution is -0.685. The van der Waals surface area contributed by atoms with Crippen molar-refractivity contribution < 1.29 is 14.8 Å². The van der Waals surface area contributed by atoms with E-state index < -0.39 is 0 Å². The molecule has 0 amide bonds. The lowest BCUT2D eigenvalue weighted by Gasteiger charge is -2.14. The van der Waals surface area contributed by atoms with Crippen molar-refractivity contribution in [1.82, 2.24) is 0 Å². The third kappa shape index (κ3) is 4.98. The lowest BCUT2D eigenvalue weighted by atomic mass is 10.1. The molecule has 0 aliphatic rings. The highest BCUT2D eigenvalue weighted by Gasteiger charge is 2.12. The predicted molar refractivity (Wildman–Crippen MR) is 102 cm³/mol. The van der Waals surface area contributed by atoms with E-state index >= 15 is 0 Å². The van der Waals surface area contributed by atoms with Crippen molar-refractivity contribution in [1.29, 1.82) is 0 Å². The van der Waals surface area contributed by atoms with Gasteiger partial charge >= 0.3 is 0 Å². The highest BCUT2D eigenvalue weighted by atomic mass is 35.5. The second-order valence-corrected chi connectivity index (χ2v) is 7.11. The van der Waals surface area contributed by atoms with Crippen molar-refractivity contribution in [3.05, 3.63) is 81.0 Å². The van der Waals surface area contributed by atoms with E-state index in [-0.39, 0.29) is 0 Å². The maximum Gasteiger partial charge on any atom is 0.170 e. The van der Waals surface area contributed by atoms with Gasteiger partial charge in [0.05, 0.1) is 17.6 Å². The summed E-state index contributed by atoms with van der Waals surface area (Å²) < 4.78 is 11.6. The molecule has 3 nitrogen and oxygen atoms in total. The molecule has 25 heavy (non-hydrogen) atoms. The van der Waals surface area contributed by atoms with E-state index in [1.54, 1.807) is 18.4 Å². The van der Waals surface area contributed by atoms with Gasteiger partial charge < -0.3 is 14.8 Å². The van der Waals surface area contributed by atoms with Crippen molar-refractivity contribution >= 4 is 22.9 Å². The molecule has 2 N–H and O–H groups in total. The fraction of sp³-hybridized carbons (Fsp3) is 0.200. The lowest BCUT2D eigenvalue weighted by Crippen LogP contribution is -2.80. The van der Waals surface area contributed by atoms with Gasteiger partial charge in [-0.05, 0) is 41.3 Å². The van der Waals surface area contributed by atoms with E-state index in [0.29, 0.717) is 6.61 Å². The molecule has 2 aromatic carbocycles. The van der Waals surface area contributed by atoms with Crippen LogP contribution in [0.15, 0.2) is 60.0 Å². The molecule has 5 heteroatoms. The number of thiophene rings is 1. The first-order valence-electron chi connectivity index (χ1n) is 8.13. The number of quaternary nitrogens is 1. The van der Waals surface area contributed by atoms with Gasteiger partial charge in [0.25, 0.3) is 0 Å². The van der Waals surface area contributed by atoms with Gasteiger partial charge in [0.15, 0.2) is 11.5 Å². The van der Waals surface area contributed by atoms with Crippen molar-refractivity contribution in [2.45, 2.75) is 19.7 Å². The van der Waals surface area contributed by atoms with Gasteiger partial charge in [-0.15, -0.1) is 11.3 Å². The first-order valence-corrected chi connectivity index (χ1v) is 9.39. The molecule has 130 valence electrons. The molecule has 0 saturated heterocycles. The molecule has 0 atom stereocenters. The monoisotopic (exact) mass is 374 g/mol. The van der Waals surface area contributed by atoms with Crippen LogP contribution in [0.5, 0.6) is 11.5 Å². The summed E-state index contributed by atoms with van der Waals surface area (Å²) >= 11 is 7.72. The Morgan fingerprint density at radius 3 is 2.56 bits per heavy atom. The average Bonchev–Trinajstić information content (AvgIpc) is 3.15. The molecular formula is C20H21ClNO2S+. The van der Waals surface area contributed by atoms with Crippen LogP contribution in [0.2, 0.25) is 5.02 Å². The SMILES string of the molecule is COc1cccc(C[NH2+]Cc2cccs2)c1OCc1ccc(Cl)cc1. The van der Waals surface area contributed by atoms with Crippen LogP contribution in [0.3, 0.4) is 0 Å². The fourth-order valence-electron chi connectivity index (χ4n) is 2.58. The van der Waals surface area contributed by atoms with Crippen LogP contribution < -0.4 is 14.8 Å². The molecule has 1 aromatic heterocycles. The van der Waals surface area contributed by atoms with Crippen LogP contribution in [0, 0.1) is 0 Å². The summed E-state index contributed by atoms with van der Waals surface area (Å²) in [6.45, 7) is 2.28. The summed E-state index contributed by atoms with van der Waals surface area (Å²) in [6, 6.07) is 18.0. The van der Waals surface area contributed by atoms with Crippen LogP contribution in [0.4, 0.5) is 0 Å². The van der Waals surface area contributed by atoms with Crippen LogP contribution >= 0.6 is 22.9 Å². The van der Waals surface area contributed by atoms with E-state index in [9.17, 15) is 0 Å². The molecule has 0 spiro atoms. The average molecular weight is 375 g/mol. The summed E-state index contributed by atoms with van der Waals surface area (Å²) in [5.74, 6) is 1.57. The van der Waals surface area contributed by atoms with E-state index in [1.807, 2.05) is 36.4 Å². The van der Waals surface area contributed by atoms with E-state index in [2.05, 4.69) is 28.9 Å². The summed E-state index contributed by atoms with van der Waals surface area (Å²) in [4.78, 5) is 1.37. The number of nitrogens with two attached hydrogens (primary N) is 1. The summed E-state index contributed by atoms with van der Waals surface area (Å²) in [5, 5.41) is 5.11. The summed E-state index contributed by atoms with van der Waals surface area (Å²) in [5.41, 5.74) is 2.20. The normalized spacial score (nSPS) is 10.6. The predicted octanol–water partition coefficient (Wildman–Crippen LogP) is 4.25. The third-order valence-corrected chi connectivity index (χ3v) is 5.02. The molecule has 1 heterocycles. The Hall–Kier alpha value is -2.01. The second-order valence-electron chi connectivity index (χ2n) is 5.64. The Bertz CT molecular complexity index is 788. The highest BCUT2D eigenvalue weighted by Crippen LogP contribution is 2.31. The van der Waals surface area contributed by atoms with Crippen molar-refractivity contribution in [2.24, 2.45) is 0 Å². The molecule has 0 aliphatic heterocycles. The summed E-state index contributed by atoms with van der Waals surface area (Å²) in [6.07, 6.45) is 0. The van der Waals surface area contributed by atoms with E-state index in [1.165, 1.54) is 4.88 Å². The highest BCUT2D eigenvalue weighted by molar-refractivity contribution is 7.09. The van der Waals surface area contributed by atoms with Gasteiger partial charge in [-0.25, -0.2) is 0 Å². The maximum absolute atomic E-state index is 6.09. The number of hydrogen-bond acceptors (Lipinski definition) is 3. The fourth-order valence-corrected chi connectivity index (χ4v) is 3.41. The Morgan fingerprint density at radius 2 is 1.84 bits per heavy atom. The van der Waals surface area contributed by atoms with Gasteiger partial charge in [-0.2, -0.15) is 0 Å². The van der Waals surface area contributed by atoms with Crippen LogP contribution in [-0.2, 0) is 19.7 Å². The first kappa shape index (κ1) is 17.8. The molecule has 3 rings (SSSR count). The second kappa shape index (κ2) is 8.90. The van der Waals surface area contributed by atoms with Crippen LogP contribution in [0.25, 0.3) is 0 Å². The van der Waals surface area contributed by atoms with Crippen molar-refractivity contribution in [2.75, 3.05) is 7.11 Å². The van der Waals surface area contributed by atoms with Crippen molar-refractivity contribution in [3.63, 3.8) is 0 Å². The smallest absolute Gasteiger partial charge is 0.170 e. The van der Waals surface area contributed by atoms with Gasteiger partial charge in [0, 0.05) is 5.02 Å². The number of rotatable bonds is 8. The number of hydrogen-bond donors (Lipinski definition) is 1. The number of methoxy groups -OCH3 is 1. The number of halogens is 1. The molecule has 0 unspecified atom stereocenters. The molecule has 0 fully saturated rings. The van der Waals surface area contributed by atoms with E-state index in [0.717, 1.165) is 40.7 Å². The number of para-hydroxylation sites is 1. The maximum atomic E-state index is 6.09. The first-order chi connectivity index (χ1) is 12.3. The molecule has 0 bridgehead atoms. The van der Waals surface area contributed by atoms with E-state index in [4.69, 9.17) is 21.1 Å². The molecule has 0 radical (unpaired) electrons. The zero-order chi connectivity index (χ0) is 17.5. The molecule has 0 saturated carbocycles. The van der Waals surface area contributed by atoms with Crippen LogP contribution in [-0.4, -0.2) is 7.11 Å². The van der Waals surface area contributed by atoms with Gasteiger partial charge in [-0.3, -0.25) is 0 Å². The van der Waals surface area contributed by atoms with Crippen molar-refractivity contribution in [3.8, 4) is 11.5 Å². The summed E-state index contributed by atoms with van der Waals surface area (Å²) in [7, 11) is 1.67. The minimum absolute atomic E-state index is 0.482. The largest absolute Gasteiger partial charge is 0.493 e. The number of benzene rings is 2.